The van der Waals surface area contributed by atoms with Crippen LogP contribution in [0.1, 0.15) is 26.2 Å². The first-order valence-corrected chi connectivity index (χ1v) is 5.71. The van der Waals surface area contributed by atoms with E-state index in [-0.39, 0.29) is 17.9 Å². The molecule has 0 aliphatic carbocycles. The summed E-state index contributed by atoms with van der Waals surface area (Å²) in [7, 11) is 2.04. The van der Waals surface area contributed by atoms with Crippen molar-refractivity contribution >= 4 is 5.97 Å². The second-order valence-electron chi connectivity index (χ2n) is 4.54. The van der Waals surface area contributed by atoms with Gasteiger partial charge in [0.15, 0.2) is 0 Å². The molecule has 0 aromatic carbocycles. The summed E-state index contributed by atoms with van der Waals surface area (Å²) in [6.45, 7) is 2.19. The predicted octanol–water partition coefficient (Wildman–Crippen LogP) is 0.393. The maximum atomic E-state index is 11.7. The minimum absolute atomic E-state index is 0.179. The molecule has 2 bridgehead atoms. The lowest BCUT2D eigenvalue weighted by molar-refractivity contribution is -0.158. The monoisotopic (exact) mass is 213 g/mol. The highest BCUT2D eigenvalue weighted by atomic mass is 16.5. The maximum Gasteiger partial charge on any atom is 0.313 e. The standard InChI is InChI=1S/C11H19NO3/c1-3-15-11(14)10-8-5-4-7(12(8)2)6-9(10)13/h7-10,13H,3-6H2,1-2H3/t7-,8+,9-,10-/m0/s1. The number of rotatable bonds is 2. The number of ether oxygens (including phenoxy) is 1. The number of carbonyl (C=O) groups excluding carboxylic acids is 1. The summed E-state index contributed by atoms with van der Waals surface area (Å²) in [6.07, 6.45) is 2.28. The molecule has 2 rings (SSSR count). The Labute approximate surface area is 90.2 Å². The Kier molecular flexibility index (Phi) is 2.98. The van der Waals surface area contributed by atoms with Crippen molar-refractivity contribution in [3.63, 3.8) is 0 Å². The molecule has 0 unspecified atom stereocenters. The number of aliphatic hydroxyl groups excluding tert-OH is 1. The molecular formula is C11H19NO3. The van der Waals surface area contributed by atoms with E-state index in [1.165, 1.54) is 0 Å². The lowest BCUT2D eigenvalue weighted by atomic mass is 9.88. The number of fused-ring (bicyclic) bond motifs is 2. The van der Waals surface area contributed by atoms with Crippen LogP contribution in [0, 0.1) is 5.92 Å². The van der Waals surface area contributed by atoms with Crippen LogP contribution in [-0.4, -0.2) is 47.8 Å². The van der Waals surface area contributed by atoms with Crippen molar-refractivity contribution in [2.75, 3.05) is 13.7 Å². The number of hydrogen-bond acceptors (Lipinski definition) is 4. The maximum absolute atomic E-state index is 11.7. The molecule has 1 N–H and O–H groups in total. The van der Waals surface area contributed by atoms with Crippen LogP contribution in [0.2, 0.25) is 0 Å². The largest absolute Gasteiger partial charge is 0.466 e. The Hall–Kier alpha value is -0.610. The summed E-state index contributed by atoms with van der Waals surface area (Å²) >= 11 is 0. The topological polar surface area (TPSA) is 49.8 Å². The van der Waals surface area contributed by atoms with Gasteiger partial charge in [0.05, 0.1) is 18.6 Å². The smallest absolute Gasteiger partial charge is 0.313 e. The molecule has 4 nitrogen and oxygen atoms in total. The number of aliphatic hydroxyl groups is 1. The van der Waals surface area contributed by atoms with Gasteiger partial charge in [-0.15, -0.1) is 0 Å². The lowest BCUT2D eigenvalue weighted by Gasteiger charge is -2.39. The zero-order chi connectivity index (χ0) is 11.0. The van der Waals surface area contributed by atoms with Gasteiger partial charge in [-0.25, -0.2) is 0 Å². The summed E-state index contributed by atoms with van der Waals surface area (Å²) in [5.41, 5.74) is 0. The van der Waals surface area contributed by atoms with Crippen molar-refractivity contribution < 1.29 is 14.6 Å². The Morgan fingerprint density at radius 2 is 2.27 bits per heavy atom. The molecule has 0 aromatic heterocycles. The predicted molar refractivity (Wildman–Crippen MR) is 55.3 cm³/mol. The average Bonchev–Trinajstić information content (AvgIpc) is 2.46. The molecule has 2 heterocycles. The van der Waals surface area contributed by atoms with E-state index in [0.717, 1.165) is 12.8 Å². The summed E-state index contributed by atoms with van der Waals surface area (Å²) < 4.78 is 5.03. The van der Waals surface area contributed by atoms with E-state index in [1.54, 1.807) is 6.92 Å². The minimum Gasteiger partial charge on any atom is -0.466 e. The van der Waals surface area contributed by atoms with Gasteiger partial charge in [-0.1, -0.05) is 0 Å². The Bertz CT molecular complexity index is 256. The first-order chi connectivity index (χ1) is 7.15. The third-order valence-corrected chi connectivity index (χ3v) is 3.80. The molecular weight excluding hydrogens is 194 g/mol. The second-order valence-corrected chi connectivity index (χ2v) is 4.54. The van der Waals surface area contributed by atoms with Crippen LogP contribution in [0.5, 0.6) is 0 Å². The van der Waals surface area contributed by atoms with Crippen LogP contribution < -0.4 is 0 Å². The highest BCUT2D eigenvalue weighted by molar-refractivity contribution is 5.74. The van der Waals surface area contributed by atoms with E-state index in [9.17, 15) is 9.90 Å². The number of nitrogens with zero attached hydrogens (tertiary/aromatic N) is 1. The van der Waals surface area contributed by atoms with Gasteiger partial charge in [-0.3, -0.25) is 9.69 Å². The van der Waals surface area contributed by atoms with Crippen molar-refractivity contribution in [2.45, 2.75) is 44.4 Å². The van der Waals surface area contributed by atoms with Gasteiger partial charge in [0, 0.05) is 12.1 Å². The second kappa shape index (κ2) is 4.10. The fraction of sp³-hybridized carbons (Fsp3) is 0.909. The molecule has 86 valence electrons. The van der Waals surface area contributed by atoms with Crippen LogP contribution >= 0.6 is 0 Å². The van der Waals surface area contributed by atoms with Crippen LogP contribution in [-0.2, 0) is 9.53 Å². The van der Waals surface area contributed by atoms with Crippen LogP contribution in [0.4, 0.5) is 0 Å². The van der Waals surface area contributed by atoms with Gasteiger partial charge in [0.2, 0.25) is 0 Å². The van der Waals surface area contributed by atoms with Crippen molar-refractivity contribution in [1.82, 2.24) is 4.90 Å². The van der Waals surface area contributed by atoms with Gasteiger partial charge in [-0.05, 0) is 33.2 Å². The van der Waals surface area contributed by atoms with Crippen LogP contribution in [0.3, 0.4) is 0 Å². The molecule has 2 aliphatic heterocycles. The van der Waals surface area contributed by atoms with Crippen molar-refractivity contribution in [3.8, 4) is 0 Å². The highest BCUT2D eigenvalue weighted by Gasteiger charge is 2.48. The van der Waals surface area contributed by atoms with Gasteiger partial charge >= 0.3 is 5.97 Å². The number of carbonyl (C=O) groups is 1. The van der Waals surface area contributed by atoms with E-state index >= 15 is 0 Å². The SMILES string of the molecule is CCOC(=O)[C@H]1[C@H]2CC[C@@H](C[C@@H]1O)N2C. The summed E-state index contributed by atoms with van der Waals surface area (Å²) in [5.74, 6) is -0.573. The minimum atomic E-state index is -0.516. The van der Waals surface area contributed by atoms with E-state index in [0.29, 0.717) is 19.1 Å². The highest BCUT2D eigenvalue weighted by Crippen LogP contribution is 2.38. The molecule has 4 atom stereocenters. The molecule has 0 aromatic rings. The summed E-state index contributed by atoms with van der Waals surface area (Å²) in [4.78, 5) is 14.0. The van der Waals surface area contributed by atoms with Crippen molar-refractivity contribution in [1.29, 1.82) is 0 Å². The quantitative estimate of drug-likeness (QED) is 0.674. The first-order valence-electron chi connectivity index (χ1n) is 5.71. The fourth-order valence-corrected chi connectivity index (χ4v) is 2.99. The van der Waals surface area contributed by atoms with Gasteiger partial charge in [0.1, 0.15) is 0 Å². The van der Waals surface area contributed by atoms with Gasteiger partial charge in [0.25, 0.3) is 0 Å². The third-order valence-electron chi connectivity index (χ3n) is 3.80. The molecule has 4 heteroatoms. The van der Waals surface area contributed by atoms with Gasteiger partial charge in [-0.2, -0.15) is 0 Å². The van der Waals surface area contributed by atoms with E-state index < -0.39 is 6.10 Å². The van der Waals surface area contributed by atoms with E-state index in [2.05, 4.69) is 4.90 Å². The van der Waals surface area contributed by atoms with Gasteiger partial charge < -0.3 is 9.84 Å². The lowest BCUT2D eigenvalue weighted by Crippen LogP contribution is -2.52. The molecule has 15 heavy (non-hydrogen) atoms. The molecule has 2 aliphatic rings. The van der Waals surface area contributed by atoms with Crippen LogP contribution in [0.15, 0.2) is 0 Å². The Morgan fingerprint density at radius 3 is 2.93 bits per heavy atom. The van der Waals surface area contributed by atoms with Crippen molar-refractivity contribution in [3.05, 3.63) is 0 Å². The Balaban J connectivity index is 2.12. The molecule has 0 amide bonds. The fourth-order valence-electron chi connectivity index (χ4n) is 2.99. The third kappa shape index (κ3) is 1.76. The average molecular weight is 213 g/mol. The zero-order valence-corrected chi connectivity index (χ0v) is 9.35. The molecule has 0 spiro atoms. The summed E-state index contributed by atoms with van der Waals surface area (Å²) in [6, 6.07) is 0.633. The molecule has 2 fully saturated rings. The molecule has 0 radical (unpaired) electrons. The molecule has 0 saturated carbocycles. The zero-order valence-electron chi connectivity index (χ0n) is 9.35. The first kappa shape index (κ1) is 10.9. The summed E-state index contributed by atoms with van der Waals surface area (Å²) in [5, 5.41) is 9.94. The Morgan fingerprint density at radius 1 is 1.53 bits per heavy atom. The van der Waals surface area contributed by atoms with Crippen LogP contribution in [0.25, 0.3) is 0 Å². The number of piperidine rings is 1. The van der Waals surface area contributed by atoms with E-state index in [1.807, 2.05) is 7.05 Å². The van der Waals surface area contributed by atoms with Crippen molar-refractivity contribution in [2.24, 2.45) is 5.92 Å². The van der Waals surface area contributed by atoms with E-state index in [4.69, 9.17) is 4.74 Å². The number of hydrogen-bond donors (Lipinski definition) is 1. The number of esters is 1. The molecule has 2 saturated heterocycles. The normalized spacial score (nSPS) is 40.5.